The molecule has 0 radical (unpaired) electrons. The Bertz CT molecular complexity index is 608. The molecule has 3 nitrogen and oxygen atoms in total. The highest BCUT2D eigenvalue weighted by molar-refractivity contribution is 5.73. The van der Waals surface area contributed by atoms with Crippen molar-refractivity contribution < 1.29 is 8.78 Å². The fraction of sp³-hybridized carbons (Fsp3) is 0.250. The first-order valence-corrected chi connectivity index (χ1v) is 6.91. The van der Waals surface area contributed by atoms with Crippen LogP contribution in [0.25, 0.3) is 0 Å². The second kappa shape index (κ2) is 6.43. The fourth-order valence-electron chi connectivity index (χ4n) is 2.19. The van der Waals surface area contributed by atoms with Crippen LogP contribution in [0.3, 0.4) is 0 Å². The van der Waals surface area contributed by atoms with E-state index in [0.29, 0.717) is 0 Å². The van der Waals surface area contributed by atoms with Crippen LogP contribution in [0.1, 0.15) is 13.8 Å². The molecule has 0 atom stereocenters. The molecule has 0 aliphatic carbocycles. The predicted octanol–water partition coefficient (Wildman–Crippen LogP) is 4.14. The van der Waals surface area contributed by atoms with E-state index >= 15 is 0 Å². The van der Waals surface area contributed by atoms with Crippen LogP contribution in [-0.2, 0) is 0 Å². The third kappa shape index (κ3) is 3.42. The van der Waals surface area contributed by atoms with Crippen LogP contribution in [0.4, 0.5) is 31.5 Å². The first-order chi connectivity index (χ1) is 10.0. The van der Waals surface area contributed by atoms with Gasteiger partial charge in [-0.25, -0.2) is 8.78 Å². The van der Waals surface area contributed by atoms with E-state index in [2.05, 4.69) is 24.1 Å². The SMILES string of the molecule is CCN(CC)c1ccc(Nc2cc(F)cc(F)c2N)cc1. The van der Waals surface area contributed by atoms with Crippen LogP contribution in [0, 0.1) is 11.6 Å². The van der Waals surface area contributed by atoms with Crippen molar-refractivity contribution >= 4 is 22.7 Å². The minimum absolute atomic E-state index is 0.0933. The standard InChI is InChI=1S/C16H19F2N3/c1-3-21(4-2)13-7-5-12(6-8-13)20-15-10-11(17)9-14(18)16(15)19/h5-10,20H,3-4,19H2,1-2H3. The molecule has 0 aliphatic heterocycles. The number of nitrogens with zero attached hydrogens (tertiary/aromatic N) is 1. The third-order valence-corrected chi connectivity index (χ3v) is 3.37. The van der Waals surface area contributed by atoms with Crippen molar-refractivity contribution in [2.75, 3.05) is 29.0 Å². The number of hydrogen-bond donors (Lipinski definition) is 2. The summed E-state index contributed by atoms with van der Waals surface area (Å²) in [5.41, 5.74) is 7.57. The first-order valence-electron chi connectivity index (χ1n) is 6.91. The largest absolute Gasteiger partial charge is 0.395 e. The number of anilines is 4. The molecule has 2 aromatic rings. The average molecular weight is 291 g/mol. The van der Waals surface area contributed by atoms with Crippen molar-refractivity contribution in [3.8, 4) is 0 Å². The topological polar surface area (TPSA) is 41.3 Å². The van der Waals surface area contributed by atoms with E-state index in [1.54, 1.807) is 0 Å². The molecule has 0 fully saturated rings. The Balaban J connectivity index is 2.21. The maximum absolute atomic E-state index is 13.4. The lowest BCUT2D eigenvalue weighted by Crippen LogP contribution is -2.21. The van der Waals surface area contributed by atoms with E-state index in [-0.39, 0.29) is 11.4 Å². The zero-order valence-corrected chi connectivity index (χ0v) is 12.2. The summed E-state index contributed by atoms with van der Waals surface area (Å²) in [6.07, 6.45) is 0. The Hall–Kier alpha value is -2.30. The monoisotopic (exact) mass is 291 g/mol. The predicted molar refractivity (Wildman–Crippen MR) is 84.1 cm³/mol. The number of halogens is 2. The van der Waals surface area contributed by atoms with E-state index in [4.69, 9.17) is 5.73 Å². The maximum atomic E-state index is 13.4. The molecule has 0 unspecified atom stereocenters. The Labute approximate surface area is 123 Å². The second-order valence-electron chi connectivity index (χ2n) is 4.69. The van der Waals surface area contributed by atoms with E-state index in [9.17, 15) is 8.78 Å². The molecule has 0 aromatic heterocycles. The molecule has 0 saturated carbocycles. The number of rotatable bonds is 5. The molecule has 112 valence electrons. The number of nitrogen functional groups attached to an aromatic ring is 1. The van der Waals surface area contributed by atoms with Crippen LogP contribution in [0.5, 0.6) is 0 Å². The van der Waals surface area contributed by atoms with E-state index < -0.39 is 11.6 Å². The summed E-state index contributed by atoms with van der Waals surface area (Å²) in [6.45, 7) is 6.02. The van der Waals surface area contributed by atoms with Gasteiger partial charge < -0.3 is 16.0 Å². The van der Waals surface area contributed by atoms with Gasteiger partial charge in [0, 0.05) is 30.5 Å². The van der Waals surface area contributed by atoms with Crippen LogP contribution < -0.4 is 16.0 Å². The van der Waals surface area contributed by atoms with Gasteiger partial charge in [-0.3, -0.25) is 0 Å². The van der Waals surface area contributed by atoms with Gasteiger partial charge in [-0.2, -0.15) is 0 Å². The Morgan fingerprint density at radius 1 is 1.05 bits per heavy atom. The number of hydrogen-bond acceptors (Lipinski definition) is 3. The van der Waals surface area contributed by atoms with Gasteiger partial charge >= 0.3 is 0 Å². The van der Waals surface area contributed by atoms with Crippen LogP contribution >= 0.6 is 0 Å². The lowest BCUT2D eigenvalue weighted by molar-refractivity contribution is 0.587. The first kappa shape index (κ1) is 15.1. The van der Waals surface area contributed by atoms with Gasteiger partial charge in [0.25, 0.3) is 0 Å². The summed E-state index contributed by atoms with van der Waals surface area (Å²) in [6, 6.07) is 9.58. The molecular weight excluding hydrogens is 272 g/mol. The van der Waals surface area contributed by atoms with Gasteiger partial charge in [-0.1, -0.05) is 0 Å². The molecule has 0 saturated heterocycles. The van der Waals surface area contributed by atoms with Crippen molar-refractivity contribution in [1.82, 2.24) is 0 Å². The van der Waals surface area contributed by atoms with Crippen LogP contribution in [0.2, 0.25) is 0 Å². The highest BCUT2D eigenvalue weighted by Gasteiger charge is 2.09. The summed E-state index contributed by atoms with van der Waals surface area (Å²) in [4.78, 5) is 2.21. The minimum Gasteiger partial charge on any atom is -0.395 e. The van der Waals surface area contributed by atoms with Crippen LogP contribution in [0.15, 0.2) is 36.4 Å². The van der Waals surface area contributed by atoms with Crippen molar-refractivity contribution in [2.24, 2.45) is 0 Å². The number of benzene rings is 2. The molecule has 0 spiro atoms. The quantitative estimate of drug-likeness (QED) is 0.814. The Morgan fingerprint density at radius 3 is 2.24 bits per heavy atom. The lowest BCUT2D eigenvalue weighted by Gasteiger charge is -2.21. The highest BCUT2D eigenvalue weighted by Crippen LogP contribution is 2.27. The number of nitrogens with two attached hydrogens (primary N) is 1. The zero-order chi connectivity index (χ0) is 15.4. The molecular formula is C16H19F2N3. The van der Waals surface area contributed by atoms with E-state index in [1.165, 1.54) is 6.07 Å². The minimum atomic E-state index is -0.766. The van der Waals surface area contributed by atoms with Gasteiger partial charge in [-0.15, -0.1) is 0 Å². The Kier molecular flexibility index (Phi) is 4.62. The smallest absolute Gasteiger partial charge is 0.151 e. The zero-order valence-electron chi connectivity index (χ0n) is 12.2. The summed E-state index contributed by atoms with van der Waals surface area (Å²) in [5.74, 6) is -1.43. The van der Waals surface area contributed by atoms with Gasteiger partial charge in [0.1, 0.15) is 5.82 Å². The average Bonchev–Trinajstić information content (AvgIpc) is 2.47. The van der Waals surface area contributed by atoms with E-state index in [0.717, 1.165) is 30.5 Å². The van der Waals surface area contributed by atoms with Crippen molar-refractivity contribution in [1.29, 1.82) is 0 Å². The maximum Gasteiger partial charge on any atom is 0.151 e. The van der Waals surface area contributed by atoms with Crippen LogP contribution in [-0.4, -0.2) is 13.1 Å². The second-order valence-corrected chi connectivity index (χ2v) is 4.69. The summed E-state index contributed by atoms with van der Waals surface area (Å²) >= 11 is 0. The normalized spacial score (nSPS) is 10.5. The van der Waals surface area contributed by atoms with Gasteiger partial charge in [0.15, 0.2) is 5.82 Å². The number of nitrogens with one attached hydrogen (secondary N) is 1. The molecule has 0 bridgehead atoms. The molecule has 0 amide bonds. The van der Waals surface area contributed by atoms with Crippen molar-refractivity contribution in [3.05, 3.63) is 48.0 Å². The summed E-state index contributed by atoms with van der Waals surface area (Å²) in [7, 11) is 0. The van der Waals surface area contributed by atoms with Crippen molar-refractivity contribution in [2.45, 2.75) is 13.8 Å². The molecule has 5 heteroatoms. The molecule has 3 N–H and O–H groups in total. The summed E-state index contributed by atoms with van der Waals surface area (Å²) < 4.78 is 26.6. The van der Waals surface area contributed by atoms with Gasteiger partial charge in [0.2, 0.25) is 0 Å². The molecule has 2 aromatic carbocycles. The van der Waals surface area contributed by atoms with Gasteiger partial charge in [0.05, 0.1) is 11.4 Å². The summed E-state index contributed by atoms with van der Waals surface area (Å²) in [5, 5.41) is 2.93. The fourth-order valence-corrected chi connectivity index (χ4v) is 2.19. The van der Waals surface area contributed by atoms with E-state index in [1.807, 2.05) is 24.3 Å². The molecule has 21 heavy (non-hydrogen) atoms. The molecule has 0 heterocycles. The van der Waals surface area contributed by atoms with Gasteiger partial charge in [-0.05, 0) is 44.2 Å². The molecule has 0 aliphatic rings. The Morgan fingerprint density at radius 2 is 1.67 bits per heavy atom. The third-order valence-electron chi connectivity index (χ3n) is 3.37. The van der Waals surface area contributed by atoms with Crippen molar-refractivity contribution in [3.63, 3.8) is 0 Å². The lowest BCUT2D eigenvalue weighted by atomic mass is 10.2. The molecule has 2 rings (SSSR count). The highest BCUT2D eigenvalue weighted by atomic mass is 19.1.